The van der Waals surface area contributed by atoms with Crippen LogP contribution in [0.4, 0.5) is 14.6 Å². The molecule has 1 aliphatic heterocycles. The monoisotopic (exact) mass is 2190 g/mol. The van der Waals surface area contributed by atoms with Crippen molar-refractivity contribution < 1.29 is 46.0 Å². The SMILES string of the molecule is Br.C.C#CC#CC#C.C#CC#CC#CC.CC#CC#CC#CC.CC#CC#CC#CC.CCN(CC)CC.CNN.CNN=Cc1c(Br)cncc1Br.Cc1nc(-c2ccccc2F)c2c(-n3cncn3)ncnn12.Cc1nc(-c2ccccc2F)c2c(N3CCc4cnn(C)c4C3)ncnn12.Cn1ncc2c(Br)cncc21.Cn1ncc2ccncc21.O=Cc1c(Br)cncc1Br.[H-].[HH].[Na+]. The third kappa shape index (κ3) is 38.9. The number of benzene rings is 2. The number of hydrogen-bond donors (Lipinski definition) is 3. The predicted octanol–water partition coefficient (Wildman–Crippen LogP) is 13.6. The number of hydrogen-bond acceptors (Lipinski definition) is 22. The molecule has 1 aliphatic rings. The molecule has 0 saturated heterocycles. The van der Waals surface area contributed by atoms with Gasteiger partial charge in [0.25, 0.3) is 0 Å². The second-order valence-corrected chi connectivity index (χ2v) is 29.1. The Morgan fingerprint density at radius 2 is 0.963 bits per heavy atom. The number of nitrogens with two attached hydrogens (primary N) is 1. The van der Waals surface area contributed by atoms with Crippen molar-refractivity contribution in [3.8, 4) is 172 Å². The molecule has 4 N–H and O–H groups in total. The Labute approximate surface area is 859 Å². The average Bonchev–Trinajstić information content (AvgIpc) is 1.60. The number of nitrogens with one attached hydrogen (secondary N) is 2. The Morgan fingerprint density at radius 3 is 1.39 bits per heavy atom. The van der Waals surface area contributed by atoms with Gasteiger partial charge in [0, 0.05) is 129 Å². The summed E-state index contributed by atoms with van der Waals surface area (Å²) in [6.45, 7) is 24.0. The first-order valence-electron chi connectivity index (χ1n) is 38.9. The second kappa shape index (κ2) is 68.7. The van der Waals surface area contributed by atoms with E-state index in [4.69, 9.17) is 19.3 Å². The van der Waals surface area contributed by atoms with Crippen molar-refractivity contribution in [1.29, 1.82) is 0 Å². The molecule has 0 aliphatic carbocycles. The van der Waals surface area contributed by atoms with E-state index in [2.05, 4.69) is 332 Å². The van der Waals surface area contributed by atoms with Crippen LogP contribution in [0.25, 0.3) is 61.2 Å². The Balaban J connectivity index is 0. The number of rotatable bonds is 10. The van der Waals surface area contributed by atoms with Gasteiger partial charge in [-0.25, -0.2) is 47.4 Å². The van der Waals surface area contributed by atoms with Crippen LogP contribution in [0, 0.1) is 169 Å². The standard InChI is InChI=1S/C19H18FN7.C14H10FN7.2C8H6.C7H7Br2N3.C7H6BrN3.C7H7N3.C7H4.C6H3Br2NO.C6H15N.C6H2.CH6N2.CH4.BrH.Na.H2.H/c1-12-24-17(14-5-3-4-6-15(14)20)18-19(21-11-23-27(12)18)26-8-7-13-9-22-25(2)16(13)10-26;1-9-20-12(10-4-2-3-5-11(10)15)13-14(17-7-19-22(9)13)21-8-16-6-18-21;2*1-3-5-7-8-6-4-2;1-10-12-2-5-6(8)3-11-4-7(5)9;1-11-7-4-9-3-6(8)5(7)2-10-11;1-10-7-5-8-3-2-6(7)4-9-10;1-3-5-7-6-4-2;7-5-1-9-2-6(8)4(5)3-10;1-4-7(5-2)6-3;1-3-5-6-4-2;1-3-2;;;;;/h3-6,9,11H,7-8,10H2,1-2H3;2-8H,1H3;2*1-2H3;2-4,10H,1H3;2-4H,1H3;2-5H,1H3;1H,2H3;1-3H;4-6H2,1-3H3;1-2H;3H,2H2,1H3;1H4;1H;;1H;/q;;;;;;;;;;;;;;+1;;-1. The Hall–Kier alpha value is -13.3. The summed E-state index contributed by atoms with van der Waals surface area (Å²) >= 11 is 16.5. The number of hydrazone groups is 1. The molecular weight excluding hydrogens is 2100 g/mol. The molecule has 0 fully saturated rings. The molecule has 684 valence electrons. The number of aryl methyl sites for hydroxylation is 5. The van der Waals surface area contributed by atoms with Crippen molar-refractivity contribution >= 4 is 148 Å². The average molecular weight is 2200 g/mol. The van der Waals surface area contributed by atoms with E-state index in [1.807, 2.05) is 74.4 Å². The van der Waals surface area contributed by atoms with Crippen LogP contribution in [0.1, 0.15) is 104 Å². The molecule has 0 spiro atoms. The van der Waals surface area contributed by atoms with Crippen molar-refractivity contribution in [2.24, 2.45) is 32.1 Å². The van der Waals surface area contributed by atoms with Crippen molar-refractivity contribution in [3.05, 3.63) is 216 Å². The number of aromatic nitrogens is 21. The van der Waals surface area contributed by atoms with Gasteiger partial charge in [0.2, 0.25) is 0 Å². The van der Waals surface area contributed by atoms with Crippen LogP contribution in [0.15, 0.2) is 176 Å². The maximum atomic E-state index is 14.5. The fourth-order valence-corrected chi connectivity index (χ4v) is 13.3. The van der Waals surface area contributed by atoms with Gasteiger partial charge in [-0.15, -0.1) is 36.3 Å². The maximum absolute atomic E-state index is 14.5. The van der Waals surface area contributed by atoms with Gasteiger partial charge in [0.05, 0.1) is 60.5 Å². The summed E-state index contributed by atoms with van der Waals surface area (Å²) in [5, 5.41) is 31.3. The topological polar surface area (TPSA) is 308 Å². The van der Waals surface area contributed by atoms with Crippen molar-refractivity contribution in [2.75, 3.05) is 45.2 Å². The molecule has 134 heavy (non-hydrogen) atoms. The molecular formula is C97H98Br6F2N27NaO. The number of terminal acetylenes is 3. The van der Waals surface area contributed by atoms with Gasteiger partial charge in [0.1, 0.15) is 71.0 Å². The van der Waals surface area contributed by atoms with Crippen LogP contribution in [-0.4, -0.2) is 161 Å². The molecule has 37 heteroatoms. The second-order valence-electron chi connectivity index (χ2n) is 24.8. The van der Waals surface area contributed by atoms with Crippen molar-refractivity contribution in [1.82, 2.24) is 119 Å². The summed E-state index contributed by atoms with van der Waals surface area (Å²) in [4.78, 5) is 52.5. The largest absolute Gasteiger partial charge is 1.00 e. The van der Waals surface area contributed by atoms with Crippen LogP contribution >= 0.6 is 96.6 Å². The summed E-state index contributed by atoms with van der Waals surface area (Å²) < 4.78 is 43.2. The van der Waals surface area contributed by atoms with Crippen molar-refractivity contribution in [2.45, 2.75) is 89.6 Å². The third-order valence-corrected chi connectivity index (χ3v) is 19.8. The minimum atomic E-state index is -0.351. The van der Waals surface area contributed by atoms with E-state index >= 15 is 0 Å². The Bertz CT molecular complexity index is 6740. The maximum Gasteiger partial charge on any atom is 1.00 e. The first kappa shape index (κ1) is 119. The first-order valence-corrected chi connectivity index (χ1v) is 42.9. The number of imidazole rings is 2. The first-order chi connectivity index (χ1) is 63.5. The van der Waals surface area contributed by atoms with Gasteiger partial charge in [-0.3, -0.25) is 50.0 Å². The Morgan fingerprint density at radius 1 is 0.537 bits per heavy atom. The number of halogens is 8. The van der Waals surface area contributed by atoms with E-state index in [0.29, 0.717) is 66.6 Å². The predicted molar refractivity (Wildman–Crippen MR) is 553 cm³/mol. The number of fused-ring (bicyclic) bond motifs is 5. The number of carbonyl (C=O) groups is 1. The summed E-state index contributed by atoms with van der Waals surface area (Å²) in [6.07, 6.45) is 42.7. The molecule has 0 amide bonds. The van der Waals surface area contributed by atoms with Crippen LogP contribution in [0.3, 0.4) is 0 Å². The molecule has 15 rings (SSSR count). The zero-order chi connectivity index (χ0) is 96.3. The van der Waals surface area contributed by atoms with E-state index in [1.54, 1.807) is 149 Å². The number of pyridine rings is 4. The van der Waals surface area contributed by atoms with Gasteiger partial charge in [-0.1, -0.05) is 82.1 Å². The van der Waals surface area contributed by atoms with E-state index in [9.17, 15) is 13.6 Å². The summed E-state index contributed by atoms with van der Waals surface area (Å²) in [5.74, 6) is 58.2. The smallest absolute Gasteiger partial charge is 1.00 e. The van der Waals surface area contributed by atoms with Gasteiger partial charge < -0.3 is 16.7 Å². The van der Waals surface area contributed by atoms with Crippen LogP contribution in [0.5, 0.6) is 0 Å². The van der Waals surface area contributed by atoms with Gasteiger partial charge in [-0.05, 0) is 292 Å². The van der Waals surface area contributed by atoms with E-state index in [1.165, 1.54) is 73.0 Å². The van der Waals surface area contributed by atoms with Gasteiger partial charge >= 0.3 is 29.6 Å². The zero-order valence-electron chi connectivity index (χ0n) is 76.8. The molecule has 13 heterocycles. The third-order valence-electron chi connectivity index (χ3n) is 16.6. The zero-order valence-corrected chi connectivity index (χ0v) is 87.4. The molecule has 14 aromatic rings. The van der Waals surface area contributed by atoms with Crippen LogP contribution < -0.4 is 51.2 Å². The quantitative estimate of drug-likeness (QED) is 0.0286. The summed E-state index contributed by atoms with van der Waals surface area (Å²) in [5.41, 5.74) is 14.2. The van der Waals surface area contributed by atoms with Crippen molar-refractivity contribution in [3.63, 3.8) is 0 Å². The minimum Gasteiger partial charge on any atom is -1.00 e. The number of hydrazine groups is 1. The Kier molecular flexibility index (Phi) is 60.9. The summed E-state index contributed by atoms with van der Waals surface area (Å²) in [6, 6.07) is 15.1. The molecule has 0 atom stereocenters. The van der Waals surface area contributed by atoms with Gasteiger partial charge in [-0.2, -0.15) is 35.7 Å². The molecule has 0 radical (unpaired) electrons. The van der Waals surface area contributed by atoms with E-state index < -0.39 is 0 Å². The van der Waals surface area contributed by atoms with E-state index in [-0.39, 0.29) is 68.5 Å². The minimum absolute atomic E-state index is 0. The van der Waals surface area contributed by atoms with Crippen LogP contribution in [0.2, 0.25) is 0 Å². The molecule has 0 saturated carbocycles. The number of anilines is 1. The van der Waals surface area contributed by atoms with E-state index in [0.717, 1.165) is 71.4 Å². The number of aldehydes is 1. The summed E-state index contributed by atoms with van der Waals surface area (Å²) in [7, 11) is 9.16. The number of carbonyl (C=O) groups excluding carboxylic acids is 1. The normalized spacial score (nSPS) is 9.40. The number of nitrogens with zero attached hydrogens (tertiary/aromatic N) is 24. The molecule has 12 aromatic heterocycles. The molecule has 28 nitrogen and oxygen atoms in total. The van der Waals surface area contributed by atoms with Gasteiger partial charge in [0.15, 0.2) is 17.9 Å². The van der Waals surface area contributed by atoms with Crippen LogP contribution in [-0.2, 0) is 34.1 Å². The molecule has 0 unspecified atom stereocenters. The fourth-order valence-electron chi connectivity index (χ4n) is 10.6. The molecule has 0 bridgehead atoms. The molecule has 2 aromatic carbocycles. The fraction of sp³-hybridized carbons (Fsp3) is 0.227.